The molecule has 0 aliphatic carbocycles. The molecule has 0 aliphatic rings. The van der Waals surface area contributed by atoms with Crippen LogP contribution in [0.3, 0.4) is 0 Å². The van der Waals surface area contributed by atoms with Crippen LogP contribution in [0.25, 0.3) is 0 Å². The maximum absolute atomic E-state index is 9.98. The van der Waals surface area contributed by atoms with Gasteiger partial charge in [0.2, 0.25) is 0 Å². The first-order valence-electron chi connectivity index (χ1n) is 4.41. The van der Waals surface area contributed by atoms with Crippen molar-refractivity contribution < 1.29 is 5.11 Å². The Hall–Kier alpha value is -1.08. The summed E-state index contributed by atoms with van der Waals surface area (Å²) in [5.74, 6) is 0. The van der Waals surface area contributed by atoms with Crippen LogP contribution in [0.2, 0.25) is 0 Å². The zero-order valence-corrected chi connectivity index (χ0v) is 8.46. The Morgan fingerprint density at radius 2 is 2.00 bits per heavy atom. The van der Waals surface area contributed by atoms with Gasteiger partial charge in [0.25, 0.3) is 0 Å². The molecule has 0 fully saturated rings. The van der Waals surface area contributed by atoms with Crippen LogP contribution in [0.5, 0.6) is 0 Å². The summed E-state index contributed by atoms with van der Waals surface area (Å²) in [6, 6.07) is 6.05. The van der Waals surface area contributed by atoms with Gasteiger partial charge in [0.05, 0.1) is 0 Å². The molecule has 0 heterocycles. The lowest BCUT2D eigenvalue weighted by Crippen LogP contribution is -2.18. The molecule has 1 atom stereocenters. The third-order valence-electron chi connectivity index (χ3n) is 2.34. The van der Waals surface area contributed by atoms with Gasteiger partial charge in [0.15, 0.2) is 0 Å². The Labute approximate surface area is 79.7 Å². The van der Waals surface area contributed by atoms with E-state index in [-0.39, 0.29) is 0 Å². The Morgan fingerprint density at radius 3 is 2.54 bits per heavy atom. The molecule has 1 N–H and O–H groups in total. The molecular formula is C12H16O. The van der Waals surface area contributed by atoms with Crippen LogP contribution in [-0.2, 0) is 5.60 Å². The van der Waals surface area contributed by atoms with Gasteiger partial charge in [-0.1, -0.05) is 36.4 Å². The van der Waals surface area contributed by atoms with E-state index in [2.05, 4.69) is 6.58 Å². The third-order valence-corrected chi connectivity index (χ3v) is 2.34. The fraction of sp³-hybridized carbons (Fsp3) is 0.333. The smallest absolute Gasteiger partial charge is 0.105 e. The van der Waals surface area contributed by atoms with Crippen molar-refractivity contribution in [2.75, 3.05) is 0 Å². The highest BCUT2D eigenvalue weighted by Crippen LogP contribution is 2.25. The van der Waals surface area contributed by atoms with Crippen LogP contribution in [0.4, 0.5) is 0 Å². The zero-order chi connectivity index (χ0) is 10.1. The molecule has 1 heteroatoms. The van der Waals surface area contributed by atoms with Gasteiger partial charge < -0.3 is 5.11 Å². The average molecular weight is 176 g/mol. The van der Waals surface area contributed by atoms with E-state index in [4.69, 9.17) is 0 Å². The molecule has 0 spiro atoms. The van der Waals surface area contributed by atoms with Gasteiger partial charge in [-0.25, -0.2) is 0 Å². The Balaban J connectivity index is 3.28. The number of aryl methyl sites for hydroxylation is 2. The highest BCUT2D eigenvalue weighted by molar-refractivity contribution is 5.36. The maximum Gasteiger partial charge on any atom is 0.105 e. The molecule has 0 radical (unpaired) electrons. The van der Waals surface area contributed by atoms with Gasteiger partial charge in [0, 0.05) is 0 Å². The fourth-order valence-electron chi connectivity index (χ4n) is 1.39. The molecule has 1 unspecified atom stereocenters. The average Bonchev–Trinajstić information content (AvgIpc) is 2.09. The standard InChI is InChI=1S/C12H16O/c1-5-12(4,13)11-8-9(2)6-7-10(11)3/h5-8,13H,1H2,2-4H3. The van der Waals surface area contributed by atoms with Crippen molar-refractivity contribution in [1.29, 1.82) is 0 Å². The van der Waals surface area contributed by atoms with E-state index < -0.39 is 5.60 Å². The number of hydrogen-bond acceptors (Lipinski definition) is 1. The first kappa shape index (κ1) is 10.0. The molecule has 1 rings (SSSR count). The Morgan fingerprint density at radius 1 is 1.38 bits per heavy atom. The molecule has 1 nitrogen and oxygen atoms in total. The van der Waals surface area contributed by atoms with E-state index in [0.29, 0.717) is 0 Å². The second-order valence-electron chi connectivity index (χ2n) is 3.67. The van der Waals surface area contributed by atoms with Crippen molar-refractivity contribution in [3.63, 3.8) is 0 Å². The molecule has 70 valence electrons. The summed E-state index contributed by atoms with van der Waals surface area (Å²) >= 11 is 0. The molecule has 0 saturated heterocycles. The molecular weight excluding hydrogens is 160 g/mol. The van der Waals surface area contributed by atoms with Crippen molar-refractivity contribution in [2.45, 2.75) is 26.4 Å². The predicted molar refractivity (Wildman–Crippen MR) is 55.7 cm³/mol. The summed E-state index contributed by atoms with van der Waals surface area (Å²) in [6.45, 7) is 9.39. The summed E-state index contributed by atoms with van der Waals surface area (Å²) in [5, 5.41) is 9.98. The largest absolute Gasteiger partial charge is 0.381 e. The lowest BCUT2D eigenvalue weighted by Gasteiger charge is -2.21. The van der Waals surface area contributed by atoms with Crippen LogP contribution in [-0.4, -0.2) is 5.11 Å². The maximum atomic E-state index is 9.98. The Bertz CT molecular complexity index is 324. The molecule has 0 aromatic heterocycles. The molecule has 0 aliphatic heterocycles. The van der Waals surface area contributed by atoms with E-state index in [1.807, 2.05) is 32.0 Å². The van der Waals surface area contributed by atoms with E-state index >= 15 is 0 Å². The molecule has 0 bridgehead atoms. The topological polar surface area (TPSA) is 20.2 Å². The SMILES string of the molecule is C=CC(C)(O)c1cc(C)ccc1C. The van der Waals surface area contributed by atoms with Gasteiger partial charge in [-0.15, -0.1) is 0 Å². The van der Waals surface area contributed by atoms with Gasteiger partial charge in [-0.3, -0.25) is 0 Å². The van der Waals surface area contributed by atoms with Crippen molar-refractivity contribution in [3.05, 3.63) is 47.5 Å². The highest BCUT2D eigenvalue weighted by atomic mass is 16.3. The van der Waals surface area contributed by atoms with E-state index in [1.165, 1.54) is 0 Å². The van der Waals surface area contributed by atoms with Gasteiger partial charge in [-0.05, 0) is 31.9 Å². The fourth-order valence-corrected chi connectivity index (χ4v) is 1.39. The number of rotatable bonds is 2. The molecule has 13 heavy (non-hydrogen) atoms. The van der Waals surface area contributed by atoms with Crippen LogP contribution < -0.4 is 0 Å². The lowest BCUT2D eigenvalue weighted by atomic mass is 9.91. The minimum atomic E-state index is -0.921. The summed E-state index contributed by atoms with van der Waals surface area (Å²) in [4.78, 5) is 0. The van der Waals surface area contributed by atoms with Crippen LogP contribution in [0.1, 0.15) is 23.6 Å². The van der Waals surface area contributed by atoms with Crippen LogP contribution in [0.15, 0.2) is 30.9 Å². The van der Waals surface area contributed by atoms with Crippen molar-refractivity contribution in [1.82, 2.24) is 0 Å². The number of hydrogen-bond donors (Lipinski definition) is 1. The third kappa shape index (κ3) is 1.99. The van der Waals surface area contributed by atoms with Crippen molar-refractivity contribution in [3.8, 4) is 0 Å². The van der Waals surface area contributed by atoms with Crippen LogP contribution >= 0.6 is 0 Å². The van der Waals surface area contributed by atoms with Gasteiger partial charge in [0.1, 0.15) is 5.60 Å². The number of aliphatic hydroxyl groups is 1. The minimum absolute atomic E-state index is 0.921. The van der Waals surface area contributed by atoms with E-state index in [1.54, 1.807) is 13.0 Å². The second-order valence-corrected chi connectivity index (χ2v) is 3.67. The first-order chi connectivity index (χ1) is 5.97. The molecule has 1 aromatic rings. The van der Waals surface area contributed by atoms with Crippen molar-refractivity contribution >= 4 is 0 Å². The lowest BCUT2D eigenvalue weighted by molar-refractivity contribution is 0.111. The molecule has 0 amide bonds. The minimum Gasteiger partial charge on any atom is -0.381 e. The second kappa shape index (κ2) is 3.35. The molecule has 1 aromatic carbocycles. The highest BCUT2D eigenvalue weighted by Gasteiger charge is 2.20. The van der Waals surface area contributed by atoms with Gasteiger partial charge in [-0.2, -0.15) is 0 Å². The normalized spacial score (nSPS) is 15.1. The zero-order valence-electron chi connectivity index (χ0n) is 8.46. The first-order valence-corrected chi connectivity index (χ1v) is 4.41. The summed E-state index contributed by atoms with van der Waals surface area (Å²) in [5.41, 5.74) is 2.26. The van der Waals surface area contributed by atoms with E-state index in [0.717, 1.165) is 16.7 Å². The quantitative estimate of drug-likeness (QED) is 0.687. The predicted octanol–water partition coefficient (Wildman–Crippen LogP) is 2.70. The van der Waals surface area contributed by atoms with E-state index in [9.17, 15) is 5.11 Å². The molecule has 0 saturated carbocycles. The van der Waals surface area contributed by atoms with Crippen molar-refractivity contribution in [2.24, 2.45) is 0 Å². The van der Waals surface area contributed by atoms with Gasteiger partial charge >= 0.3 is 0 Å². The Kier molecular flexibility index (Phi) is 2.58. The summed E-state index contributed by atoms with van der Waals surface area (Å²) in [7, 11) is 0. The van der Waals surface area contributed by atoms with Crippen LogP contribution in [0, 0.1) is 13.8 Å². The monoisotopic (exact) mass is 176 g/mol. The summed E-state index contributed by atoms with van der Waals surface area (Å²) in [6.07, 6.45) is 1.56. The summed E-state index contributed by atoms with van der Waals surface area (Å²) < 4.78 is 0. The number of benzene rings is 1.